The van der Waals surface area contributed by atoms with E-state index in [0.717, 1.165) is 23.5 Å². The summed E-state index contributed by atoms with van der Waals surface area (Å²) in [5.41, 5.74) is 10.5. The van der Waals surface area contributed by atoms with Crippen molar-refractivity contribution in [2.75, 3.05) is 6.54 Å². The maximum Gasteiger partial charge on any atom is 0.130 e. The molecular formula is C17H21NO. The van der Waals surface area contributed by atoms with Crippen LogP contribution in [0.5, 0.6) is 11.5 Å². The summed E-state index contributed by atoms with van der Waals surface area (Å²) < 4.78 is 5.97. The first-order valence-corrected chi connectivity index (χ1v) is 6.65. The molecular weight excluding hydrogens is 234 g/mol. The second-order valence-corrected chi connectivity index (χ2v) is 5.00. The Hall–Kier alpha value is -1.80. The largest absolute Gasteiger partial charge is 0.457 e. The van der Waals surface area contributed by atoms with E-state index in [1.807, 2.05) is 6.07 Å². The van der Waals surface area contributed by atoms with Crippen molar-refractivity contribution < 1.29 is 4.74 Å². The van der Waals surface area contributed by atoms with Crippen molar-refractivity contribution >= 4 is 0 Å². The molecule has 2 nitrogen and oxygen atoms in total. The van der Waals surface area contributed by atoms with Crippen molar-refractivity contribution in [3.63, 3.8) is 0 Å². The molecule has 2 rings (SSSR count). The van der Waals surface area contributed by atoms with E-state index in [0.29, 0.717) is 6.54 Å². The lowest BCUT2D eigenvalue weighted by Crippen LogP contribution is -2.04. The van der Waals surface area contributed by atoms with Crippen molar-refractivity contribution in [1.82, 2.24) is 0 Å². The minimum Gasteiger partial charge on any atom is -0.457 e. The molecule has 2 aromatic rings. The average molecular weight is 255 g/mol. The Balaban J connectivity index is 2.24. The topological polar surface area (TPSA) is 35.2 Å². The highest BCUT2D eigenvalue weighted by molar-refractivity contribution is 5.42. The van der Waals surface area contributed by atoms with Gasteiger partial charge in [-0.2, -0.15) is 0 Å². The third-order valence-corrected chi connectivity index (χ3v) is 3.30. The van der Waals surface area contributed by atoms with Gasteiger partial charge in [-0.05, 0) is 74.2 Å². The van der Waals surface area contributed by atoms with Gasteiger partial charge in [-0.1, -0.05) is 18.2 Å². The number of hydrogen-bond acceptors (Lipinski definition) is 2. The van der Waals surface area contributed by atoms with Gasteiger partial charge in [0, 0.05) is 0 Å². The maximum absolute atomic E-state index is 5.97. The molecule has 100 valence electrons. The van der Waals surface area contributed by atoms with E-state index in [9.17, 15) is 0 Å². The fraction of sp³-hybridized carbons (Fsp3) is 0.294. The number of benzene rings is 2. The van der Waals surface area contributed by atoms with E-state index < -0.39 is 0 Å². The first kappa shape index (κ1) is 13.6. The lowest BCUT2D eigenvalue weighted by Gasteiger charge is -2.12. The molecule has 0 aliphatic carbocycles. The standard InChI is InChI=1S/C17H21NO/c1-12-4-5-13(2)17(10-12)19-16-7-6-15(8-9-18)14(3)11-16/h4-7,10-11H,8-9,18H2,1-3H3. The van der Waals surface area contributed by atoms with E-state index in [4.69, 9.17) is 10.5 Å². The predicted molar refractivity (Wildman–Crippen MR) is 79.9 cm³/mol. The van der Waals surface area contributed by atoms with Gasteiger partial charge in [0.15, 0.2) is 0 Å². The second kappa shape index (κ2) is 5.89. The molecule has 0 atom stereocenters. The molecule has 0 radical (unpaired) electrons. The Kier molecular flexibility index (Phi) is 4.23. The van der Waals surface area contributed by atoms with Crippen LogP contribution in [0.4, 0.5) is 0 Å². The van der Waals surface area contributed by atoms with E-state index in [1.165, 1.54) is 16.7 Å². The highest BCUT2D eigenvalue weighted by Crippen LogP contribution is 2.27. The van der Waals surface area contributed by atoms with Gasteiger partial charge in [0.25, 0.3) is 0 Å². The molecule has 0 aliphatic rings. The van der Waals surface area contributed by atoms with Crippen LogP contribution in [-0.4, -0.2) is 6.54 Å². The molecule has 0 unspecified atom stereocenters. The van der Waals surface area contributed by atoms with E-state index in [1.54, 1.807) is 0 Å². The molecule has 0 saturated carbocycles. The van der Waals surface area contributed by atoms with Crippen LogP contribution < -0.4 is 10.5 Å². The smallest absolute Gasteiger partial charge is 0.130 e. The molecule has 0 aliphatic heterocycles. The SMILES string of the molecule is Cc1ccc(C)c(Oc2ccc(CCN)c(C)c2)c1. The molecule has 2 aromatic carbocycles. The van der Waals surface area contributed by atoms with Crippen molar-refractivity contribution in [2.24, 2.45) is 5.73 Å². The summed E-state index contributed by atoms with van der Waals surface area (Å²) in [4.78, 5) is 0. The summed E-state index contributed by atoms with van der Waals surface area (Å²) in [6.45, 7) is 6.91. The van der Waals surface area contributed by atoms with E-state index in [2.05, 4.69) is 51.1 Å². The summed E-state index contributed by atoms with van der Waals surface area (Å²) in [6, 6.07) is 12.4. The van der Waals surface area contributed by atoms with Crippen molar-refractivity contribution in [3.8, 4) is 11.5 Å². The number of ether oxygens (including phenoxy) is 1. The Bertz CT molecular complexity index is 575. The normalized spacial score (nSPS) is 10.5. The van der Waals surface area contributed by atoms with Gasteiger partial charge in [0.05, 0.1) is 0 Å². The quantitative estimate of drug-likeness (QED) is 0.899. The van der Waals surface area contributed by atoms with Crippen molar-refractivity contribution in [1.29, 1.82) is 0 Å². The van der Waals surface area contributed by atoms with Gasteiger partial charge >= 0.3 is 0 Å². The fourth-order valence-corrected chi connectivity index (χ4v) is 2.11. The molecule has 0 heterocycles. The highest BCUT2D eigenvalue weighted by Gasteiger charge is 2.04. The summed E-state index contributed by atoms with van der Waals surface area (Å²) in [7, 11) is 0. The lowest BCUT2D eigenvalue weighted by atomic mass is 10.1. The number of rotatable bonds is 4. The van der Waals surface area contributed by atoms with Gasteiger partial charge in [-0.25, -0.2) is 0 Å². The third kappa shape index (κ3) is 3.36. The monoisotopic (exact) mass is 255 g/mol. The molecule has 2 heteroatoms. The molecule has 0 saturated heterocycles. The van der Waals surface area contributed by atoms with Crippen LogP contribution in [0, 0.1) is 20.8 Å². The Morgan fingerprint density at radius 3 is 2.42 bits per heavy atom. The number of aryl methyl sites for hydroxylation is 3. The minimum atomic E-state index is 0.679. The molecule has 0 amide bonds. The van der Waals surface area contributed by atoms with Gasteiger partial charge in [0.1, 0.15) is 11.5 Å². The Labute approximate surface area is 115 Å². The van der Waals surface area contributed by atoms with Crippen molar-refractivity contribution in [2.45, 2.75) is 27.2 Å². The van der Waals surface area contributed by atoms with Gasteiger partial charge in [-0.3, -0.25) is 0 Å². The van der Waals surface area contributed by atoms with Gasteiger partial charge in [-0.15, -0.1) is 0 Å². The van der Waals surface area contributed by atoms with Crippen LogP contribution in [0.15, 0.2) is 36.4 Å². The maximum atomic E-state index is 5.97. The molecule has 0 fully saturated rings. The molecule has 2 N–H and O–H groups in total. The third-order valence-electron chi connectivity index (χ3n) is 3.30. The van der Waals surface area contributed by atoms with E-state index in [-0.39, 0.29) is 0 Å². The summed E-state index contributed by atoms with van der Waals surface area (Å²) in [5.74, 6) is 1.80. The van der Waals surface area contributed by atoms with Crippen LogP contribution in [0.3, 0.4) is 0 Å². The number of nitrogens with two attached hydrogens (primary N) is 1. The lowest BCUT2D eigenvalue weighted by molar-refractivity contribution is 0.478. The Morgan fingerprint density at radius 1 is 0.947 bits per heavy atom. The van der Waals surface area contributed by atoms with Crippen LogP contribution >= 0.6 is 0 Å². The predicted octanol–water partition coefficient (Wildman–Crippen LogP) is 3.91. The zero-order valence-corrected chi connectivity index (χ0v) is 11.9. The van der Waals surface area contributed by atoms with Gasteiger partial charge in [0.2, 0.25) is 0 Å². The summed E-state index contributed by atoms with van der Waals surface area (Å²) in [6.07, 6.45) is 0.912. The molecule has 0 bridgehead atoms. The summed E-state index contributed by atoms with van der Waals surface area (Å²) >= 11 is 0. The minimum absolute atomic E-state index is 0.679. The zero-order valence-electron chi connectivity index (χ0n) is 11.9. The van der Waals surface area contributed by atoms with Gasteiger partial charge < -0.3 is 10.5 Å². The number of hydrogen-bond donors (Lipinski definition) is 1. The molecule has 0 spiro atoms. The molecule has 0 aromatic heterocycles. The second-order valence-electron chi connectivity index (χ2n) is 5.00. The first-order chi connectivity index (χ1) is 9.10. The molecule has 19 heavy (non-hydrogen) atoms. The average Bonchev–Trinajstić information content (AvgIpc) is 2.37. The Morgan fingerprint density at radius 2 is 1.74 bits per heavy atom. The van der Waals surface area contributed by atoms with Crippen LogP contribution in [0.2, 0.25) is 0 Å². The van der Waals surface area contributed by atoms with E-state index >= 15 is 0 Å². The van der Waals surface area contributed by atoms with Crippen LogP contribution in [0.25, 0.3) is 0 Å². The first-order valence-electron chi connectivity index (χ1n) is 6.65. The van der Waals surface area contributed by atoms with Crippen molar-refractivity contribution in [3.05, 3.63) is 58.7 Å². The van der Waals surface area contributed by atoms with Crippen LogP contribution in [0.1, 0.15) is 22.3 Å². The van der Waals surface area contributed by atoms with Crippen LogP contribution in [-0.2, 0) is 6.42 Å². The zero-order chi connectivity index (χ0) is 13.8. The highest BCUT2D eigenvalue weighted by atomic mass is 16.5. The summed E-state index contributed by atoms with van der Waals surface area (Å²) in [5, 5.41) is 0. The fourth-order valence-electron chi connectivity index (χ4n) is 2.11.